The van der Waals surface area contributed by atoms with Crippen molar-refractivity contribution < 1.29 is 14.1 Å². The largest absolute Gasteiger partial charge is 0.410 e. The number of anilines is 1. The van der Waals surface area contributed by atoms with Crippen LogP contribution in [0.4, 0.5) is 11.4 Å². The first-order valence-electron chi connectivity index (χ1n) is 8.61. The summed E-state index contributed by atoms with van der Waals surface area (Å²) in [4.78, 5) is 23.5. The van der Waals surface area contributed by atoms with Gasteiger partial charge in [0.15, 0.2) is 0 Å². The summed E-state index contributed by atoms with van der Waals surface area (Å²) in [5, 5.41) is 23.3. The van der Waals surface area contributed by atoms with Crippen molar-refractivity contribution in [1.82, 2.24) is 10.2 Å². The Bertz CT molecular complexity index is 1270. The second-order valence-electron chi connectivity index (χ2n) is 6.23. The highest BCUT2D eigenvalue weighted by molar-refractivity contribution is 7.99. The number of amides is 1. The van der Waals surface area contributed by atoms with E-state index in [0.29, 0.717) is 9.90 Å². The lowest BCUT2D eigenvalue weighted by atomic mass is 10.2. The first-order valence-corrected chi connectivity index (χ1v) is 10.8. The average molecular weight is 461 g/mol. The van der Waals surface area contributed by atoms with Crippen LogP contribution < -0.4 is 5.32 Å². The van der Waals surface area contributed by atoms with E-state index >= 15 is 0 Å². The summed E-state index contributed by atoms with van der Waals surface area (Å²) in [5.74, 6) is -0.197. The monoisotopic (exact) mass is 460 g/mol. The van der Waals surface area contributed by atoms with Crippen molar-refractivity contribution in [3.8, 4) is 10.8 Å². The zero-order chi connectivity index (χ0) is 21.3. The van der Waals surface area contributed by atoms with Gasteiger partial charge in [0, 0.05) is 16.2 Å². The minimum Gasteiger partial charge on any atom is -0.410 e. The highest BCUT2D eigenvalue weighted by atomic mass is 35.5. The Balaban J connectivity index is 1.44. The first kappa shape index (κ1) is 20.3. The number of nitro benzene ring substituents is 1. The van der Waals surface area contributed by atoms with Crippen LogP contribution in [0.3, 0.4) is 0 Å². The number of aryl methyl sites for hydroxylation is 1. The summed E-state index contributed by atoms with van der Waals surface area (Å²) in [6.07, 6.45) is 0. The number of rotatable bonds is 6. The molecule has 0 saturated carbocycles. The van der Waals surface area contributed by atoms with Gasteiger partial charge in [0.25, 0.3) is 16.8 Å². The van der Waals surface area contributed by atoms with E-state index in [2.05, 4.69) is 15.5 Å². The Kier molecular flexibility index (Phi) is 5.71. The van der Waals surface area contributed by atoms with Crippen LogP contribution in [0.1, 0.15) is 5.56 Å². The molecule has 0 spiro atoms. The van der Waals surface area contributed by atoms with Crippen molar-refractivity contribution in [3.05, 3.63) is 63.2 Å². The van der Waals surface area contributed by atoms with Gasteiger partial charge in [-0.2, -0.15) is 0 Å². The van der Waals surface area contributed by atoms with E-state index in [4.69, 9.17) is 16.0 Å². The molecule has 0 aliphatic rings. The molecule has 0 fully saturated rings. The molecule has 1 N–H and O–H groups in total. The van der Waals surface area contributed by atoms with Gasteiger partial charge in [0.05, 0.1) is 15.7 Å². The summed E-state index contributed by atoms with van der Waals surface area (Å²) >= 11 is 8.90. The molecule has 0 atom stereocenters. The van der Waals surface area contributed by atoms with Crippen LogP contribution in [0.15, 0.2) is 52.1 Å². The van der Waals surface area contributed by atoms with Gasteiger partial charge >= 0.3 is 0 Å². The minimum atomic E-state index is -0.533. The number of halogens is 1. The van der Waals surface area contributed by atoms with Crippen LogP contribution in [0, 0.1) is 17.0 Å². The molecule has 11 heteroatoms. The number of carbonyl (C=O) groups is 1. The Morgan fingerprint density at radius 1 is 1.30 bits per heavy atom. The highest BCUT2D eigenvalue weighted by Crippen LogP contribution is 2.41. The molecule has 1 amide bonds. The third kappa shape index (κ3) is 4.16. The van der Waals surface area contributed by atoms with Crippen molar-refractivity contribution in [2.45, 2.75) is 12.1 Å². The molecule has 0 saturated heterocycles. The van der Waals surface area contributed by atoms with E-state index in [-0.39, 0.29) is 28.2 Å². The zero-order valence-corrected chi connectivity index (χ0v) is 17.8. The van der Waals surface area contributed by atoms with Crippen LogP contribution >= 0.6 is 34.7 Å². The molecule has 0 radical (unpaired) electrons. The predicted octanol–water partition coefficient (Wildman–Crippen LogP) is 5.55. The number of nitro groups is 1. The fourth-order valence-corrected chi connectivity index (χ4v) is 4.72. The summed E-state index contributed by atoms with van der Waals surface area (Å²) in [6.45, 7) is 1.74. The van der Waals surface area contributed by atoms with Crippen molar-refractivity contribution >= 4 is 62.1 Å². The molecule has 8 nitrogen and oxygen atoms in total. The highest BCUT2D eigenvalue weighted by Gasteiger charge is 2.19. The van der Waals surface area contributed by atoms with Crippen molar-refractivity contribution in [1.29, 1.82) is 0 Å². The topological polar surface area (TPSA) is 111 Å². The van der Waals surface area contributed by atoms with E-state index in [1.807, 2.05) is 24.3 Å². The van der Waals surface area contributed by atoms with Crippen LogP contribution in [-0.2, 0) is 4.79 Å². The van der Waals surface area contributed by atoms with E-state index in [1.54, 1.807) is 13.0 Å². The fourth-order valence-electron chi connectivity index (χ4n) is 2.72. The summed E-state index contributed by atoms with van der Waals surface area (Å²) < 4.78 is 6.64. The molecule has 30 heavy (non-hydrogen) atoms. The minimum absolute atomic E-state index is 0.0488. The second-order valence-corrected chi connectivity index (χ2v) is 8.59. The maximum atomic E-state index is 12.2. The SMILES string of the molecule is Cc1ccc(NC(=O)CSc2nnc(-c3sc4ccccc4c3Cl)o2)c([N+](=O)[O-])c1. The third-order valence-corrected chi connectivity index (χ3v) is 6.57. The van der Waals surface area contributed by atoms with Gasteiger partial charge in [0.1, 0.15) is 10.6 Å². The lowest BCUT2D eigenvalue weighted by molar-refractivity contribution is -0.384. The second kappa shape index (κ2) is 8.42. The summed E-state index contributed by atoms with van der Waals surface area (Å²) in [5.41, 5.74) is 0.708. The van der Waals surface area contributed by atoms with Crippen molar-refractivity contribution in [3.63, 3.8) is 0 Å². The number of nitrogens with one attached hydrogen (secondary N) is 1. The molecule has 4 aromatic rings. The van der Waals surface area contributed by atoms with E-state index < -0.39 is 10.8 Å². The molecular weight excluding hydrogens is 448 g/mol. The van der Waals surface area contributed by atoms with Gasteiger partial charge in [0.2, 0.25) is 5.91 Å². The molecule has 0 unspecified atom stereocenters. The smallest absolute Gasteiger partial charge is 0.293 e. The Morgan fingerprint density at radius 3 is 2.87 bits per heavy atom. The Labute approximate surface area is 183 Å². The average Bonchev–Trinajstić information content (AvgIpc) is 3.32. The van der Waals surface area contributed by atoms with E-state index in [1.165, 1.54) is 23.5 Å². The van der Waals surface area contributed by atoms with Gasteiger partial charge in [-0.15, -0.1) is 21.5 Å². The Morgan fingerprint density at radius 2 is 2.10 bits per heavy atom. The number of thioether (sulfide) groups is 1. The molecule has 0 aliphatic heterocycles. The van der Waals surface area contributed by atoms with Crippen molar-refractivity contribution in [2.24, 2.45) is 0 Å². The standard InChI is InChI=1S/C19H13ClN4O4S2/c1-10-6-7-12(13(8-10)24(26)27)21-15(25)9-29-19-23-22-18(28-19)17-16(20)11-4-2-3-5-14(11)30-17/h2-8H,9H2,1H3,(H,21,25). The van der Waals surface area contributed by atoms with Crippen molar-refractivity contribution in [2.75, 3.05) is 11.1 Å². The lowest BCUT2D eigenvalue weighted by Gasteiger charge is -2.05. The normalized spacial score (nSPS) is 11.0. The van der Waals surface area contributed by atoms with E-state index in [0.717, 1.165) is 27.4 Å². The van der Waals surface area contributed by atoms with Crippen LogP contribution in [-0.4, -0.2) is 26.8 Å². The predicted molar refractivity (Wildman–Crippen MR) is 117 cm³/mol. The van der Waals surface area contributed by atoms with Gasteiger partial charge in [-0.25, -0.2) is 0 Å². The molecule has 2 aromatic carbocycles. The van der Waals surface area contributed by atoms with Crippen LogP contribution in [0.5, 0.6) is 0 Å². The van der Waals surface area contributed by atoms with Crippen LogP contribution in [0.25, 0.3) is 20.9 Å². The van der Waals surface area contributed by atoms with Crippen LogP contribution in [0.2, 0.25) is 5.02 Å². The van der Waals surface area contributed by atoms with E-state index in [9.17, 15) is 14.9 Å². The number of carbonyl (C=O) groups excluding carboxylic acids is 1. The number of nitrogens with zero attached hydrogens (tertiary/aromatic N) is 3. The summed E-state index contributed by atoms with van der Waals surface area (Å²) in [7, 11) is 0. The van der Waals surface area contributed by atoms with Gasteiger partial charge in [-0.05, 0) is 24.6 Å². The number of thiophene rings is 1. The zero-order valence-electron chi connectivity index (χ0n) is 15.4. The Hall–Kier alpha value is -2.95. The number of hydrogen-bond donors (Lipinski definition) is 1. The molecule has 2 aromatic heterocycles. The molecule has 2 heterocycles. The molecule has 0 bridgehead atoms. The maximum Gasteiger partial charge on any atom is 0.293 e. The molecule has 4 rings (SSSR count). The third-order valence-electron chi connectivity index (χ3n) is 4.09. The van der Waals surface area contributed by atoms with Gasteiger partial charge in [-0.3, -0.25) is 14.9 Å². The van der Waals surface area contributed by atoms with Gasteiger partial charge in [-0.1, -0.05) is 47.6 Å². The fraction of sp³-hybridized carbons (Fsp3) is 0.105. The molecule has 0 aliphatic carbocycles. The number of benzene rings is 2. The van der Waals surface area contributed by atoms with Gasteiger partial charge < -0.3 is 9.73 Å². The quantitative estimate of drug-likeness (QED) is 0.228. The number of fused-ring (bicyclic) bond motifs is 1. The summed E-state index contributed by atoms with van der Waals surface area (Å²) in [6, 6.07) is 12.3. The first-order chi connectivity index (χ1) is 14.4. The molecule has 152 valence electrons. The lowest BCUT2D eigenvalue weighted by Crippen LogP contribution is -2.15. The number of hydrogen-bond acceptors (Lipinski definition) is 8. The molecular formula is C19H13ClN4O4S2. The maximum absolute atomic E-state index is 12.2. The number of aromatic nitrogens is 2.